The van der Waals surface area contributed by atoms with Gasteiger partial charge in [-0.3, -0.25) is 0 Å². The van der Waals surface area contributed by atoms with E-state index >= 15 is 0 Å². The van der Waals surface area contributed by atoms with Crippen molar-refractivity contribution in [1.29, 1.82) is 0 Å². The summed E-state index contributed by atoms with van der Waals surface area (Å²) in [4.78, 5) is 4.17. The molecule has 1 aromatic heterocycles. The standard InChI is InChI=1S/C13H12BrN3S/c1-9-2-4-11(5-3-9)16-13(18)17-12-8-10(14)6-7-15-12/h2-8H,1H3,(H2,15,16,17,18). The second-order valence-electron chi connectivity index (χ2n) is 3.80. The summed E-state index contributed by atoms with van der Waals surface area (Å²) >= 11 is 8.60. The summed E-state index contributed by atoms with van der Waals surface area (Å²) in [6.07, 6.45) is 1.71. The fraction of sp³-hybridized carbons (Fsp3) is 0.0769. The highest BCUT2D eigenvalue weighted by Crippen LogP contribution is 2.13. The highest BCUT2D eigenvalue weighted by atomic mass is 79.9. The number of halogens is 1. The number of thiocarbonyl (C=S) groups is 1. The van der Waals surface area contributed by atoms with Crippen LogP contribution >= 0.6 is 28.1 Å². The summed E-state index contributed by atoms with van der Waals surface area (Å²) in [5.41, 5.74) is 2.17. The molecule has 0 atom stereocenters. The minimum absolute atomic E-state index is 0.518. The third kappa shape index (κ3) is 3.78. The first-order chi connectivity index (χ1) is 8.63. The maximum atomic E-state index is 5.22. The monoisotopic (exact) mass is 321 g/mol. The molecule has 1 heterocycles. The van der Waals surface area contributed by atoms with Crippen LogP contribution in [-0.4, -0.2) is 10.1 Å². The van der Waals surface area contributed by atoms with E-state index in [1.807, 2.05) is 43.3 Å². The number of aryl methyl sites for hydroxylation is 1. The summed E-state index contributed by atoms with van der Waals surface area (Å²) in [5.74, 6) is 0.703. The average Bonchev–Trinajstić information content (AvgIpc) is 2.32. The van der Waals surface area contributed by atoms with Crippen molar-refractivity contribution in [3.63, 3.8) is 0 Å². The Labute approximate surface area is 120 Å². The van der Waals surface area contributed by atoms with Crippen LogP contribution in [0.1, 0.15) is 5.56 Å². The van der Waals surface area contributed by atoms with E-state index in [1.54, 1.807) is 6.20 Å². The van der Waals surface area contributed by atoms with Gasteiger partial charge in [-0.15, -0.1) is 0 Å². The molecule has 0 radical (unpaired) electrons. The lowest BCUT2D eigenvalue weighted by atomic mass is 10.2. The van der Waals surface area contributed by atoms with Gasteiger partial charge >= 0.3 is 0 Å². The number of nitrogens with one attached hydrogen (secondary N) is 2. The minimum atomic E-state index is 0.518. The fourth-order valence-electron chi connectivity index (χ4n) is 1.39. The number of hydrogen-bond donors (Lipinski definition) is 2. The van der Waals surface area contributed by atoms with Crippen molar-refractivity contribution in [3.05, 3.63) is 52.6 Å². The van der Waals surface area contributed by atoms with Gasteiger partial charge in [0, 0.05) is 16.4 Å². The summed E-state index contributed by atoms with van der Waals surface area (Å²) < 4.78 is 0.957. The Kier molecular flexibility index (Phi) is 4.28. The third-order valence-corrected chi connectivity index (χ3v) is 2.97. The first-order valence-corrected chi connectivity index (χ1v) is 6.60. The molecule has 0 bridgehead atoms. The van der Waals surface area contributed by atoms with Crippen LogP contribution in [0.15, 0.2) is 47.1 Å². The molecule has 0 fully saturated rings. The number of rotatable bonds is 2. The lowest BCUT2D eigenvalue weighted by Crippen LogP contribution is -2.19. The Morgan fingerprint density at radius 2 is 1.89 bits per heavy atom. The van der Waals surface area contributed by atoms with Crippen LogP contribution in [-0.2, 0) is 0 Å². The first-order valence-electron chi connectivity index (χ1n) is 5.40. The van der Waals surface area contributed by atoms with E-state index in [4.69, 9.17) is 12.2 Å². The lowest BCUT2D eigenvalue weighted by Gasteiger charge is -2.10. The van der Waals surface area contributed by atoms with Gasteiger partial charge in [-0.2, -0.15) is 0 Å². The highest BCUT2D eigenvalue weighted by molar-refractivity contribution is 9.10. The van der Waals surface area contributed by atoms with Crippen molar-refractivity contribution < 1.29 is 0 Å². The van der Waals surface area contributed by atoms with Gasteiger partial charge < -0.3 is 10.6 Å². The SMILES string of the molecule is Cc1ccc(NC(=S)Nc2cc(Br)ccn2)cc1. The molecule has 0 aliphatic rings. The minimum Gasteiger partial charge on any atom is -0.332 e. The zero-order valence-electron chi connectivity index (χ0n) is 9.77. The maximum Gasteiger partial charge on any atom is 0.176 e. The topological polar surface area (TPSA) is 37.0 Å². The summed E-state index contributed by atoms with van der Waals surface area (Å²) in [5, 5.41) is 6.65. The van der Waals surface area contributed by atoms with Gasteiger partial charge in [0.25, 0.3) is 0 Å². The summed E-state index contributed by atoms with van der Waals surface area (Å²) in [6, 6.07) is 11.8. The number of anilines is 2. The van der Waals surface area contributed by atoms with Gasteiger partial charge in [0.2, 0.25) is 0 Å². The van der Waals surface area contributed by atoms with Crippen molar-refractivity contribution in [3.8, 4) is 0 Å². The molecule has 2 N–H and O–H groups in total. The molecular weight excluding hydrogens is 310 g/mol. The molecule has 18 heavy (non-hydrogen) atoms. The molecule has 5 heteroatoms. The van der Waals surface area contributed by atoms with Crippen LogP contribution < -0.4 is 10.6 Å². The molecule has 0 saturated carbocycles. The van der Waals surface area contributed by atoms with E-state index in [9.17, 15) is 0 Å². The largest absolute Gasteiger partial charge is 0.332 e. The molecule has 0 spiro atoms. The van der Waals surface area contributed by atoms with Crippen LogP contribution in [0.3, 0.4) is 0 Å². The maximum absolute atomic E-state index is 5.22. The second-order valence-corrected chi connectivity index (χ2v) is 5.13. The Balaban J connectivity index is 1.98. The molecule has 1 aromatic carbocycles. The van der Waals surface area contributed by atoms with E-state index in [0.29, 0.717) is 10.9 Å². The summed E-state index contributed by atoms with van der Waals surface area (Å²) in [6.45, 7) is 2.05. The fourth-order valence-corrected chi connectivity index (χ4v) is 1.95. The molecule has 0 unspecified atom stereocenters. The average molecular weight is 322 g/mol. The third-order valence-electron chi connectivity index (χ3n) is 2.27. The summed E-state index contributed by atoms with van der Waals surface area (Å²) in [7, 11) is 0. The predicted molar refractivity (Wildman–Crippen MR) is 83.0 cm³/mol. The lowest BCUT2D eigenvalue weighted by molar-refractivity contribution is 1.31. The van der Waals surface area contributed by atoms with Gasteiger partial charge in [0.1, 0.15) is 5.82 Å². The molecule has 2 aromatic rings. The number of benzene rings is 1. The van der Waals surface area contributed by atoms with Gasteiger partial charge in [-0.1, -0.05) is 33.6 Å². The van der Waals surface area contributed by atoms with Crippen molar-refractivity contribution in [1.82, 2.24) is 4.98 Å². The van der Waals surface area contributed by atoms with E-state index < -0.39 is 0 Å². The zero-order chi connectivity index (χ0) is 13.0. The van der Waals surface area contributed by atoms with E-state index in [-0.39, 0.29) is 0 Å². The normalized spacial score (nSPS) is 9.89. The van der Waals surface area contributed by atoms with Crippen LogP contribution in [0, 0.1) is 6.92 Å². The van der Waals surface area contributed by atoms with Gasteiger partial charge in [-0.25, -0.2) is 4.98 Å². The number of aromatic nitrogens is 1. The smallest absolute Gasteiger partial charge is 0.176 e. The van der Waals surface area contributed by atoms with Crippen LogP contribution in [0.4, 0.5) is 11.5 Å². The Hall–Kier alpha value is -1.46. The number of nitrogens with zero attached hydrogens (tertiary/aromatic N) is 1. The van der Waals surface area contributed by atoms with Crippen LogP contribution in [0.2, 0.25) is 0 Å². The van der Waals surface area contributed by atoms with Crippen LogP contribution in [0.5, 0.6) is 0 Å². The Morgan fingerprint density at radius 3 is 2.56 bits per heavy atom. The Morgan fingerprint density at radius 1 is 1.17 bits per heavy atom. The second kappa shape index (κ2) is 5.93. The van der Waals surface area contributed by atoms with Crippen molar-refractivity contribution in [2.24, 2.45) is 0 Å². The van der Waals surface area contributed by atoms with Gasteiger partial charge in [0.05, 0.1) is 0 Å². The zero-order valence-corrected chi connectivity index (χ0v) is 12.2. The van der Waals surface area contributed by atoms with E-state index in [0.717, 1.165) is 10.2 Å². The van der Waals surface area contributed by atoms with E-state index in [2.05, 4.69) is 31.5 Å². The molecular formula is C13H12BrN3S. The Bertz CT molecular complexity index is 554. The number of pyridine rings is 1. The molecule has 3 nitrogen and oxygen atoms in total. The highest BCUT2D eigenvalue weighted by Gasteiger charge is 2.00. The van der Waals surface area contributed by atoms with Gasteiger partial charge in [-0.05, 0) is 43.4 Å². The molecule has 2 rings (SSSR count). The first kappa shape index (κ1) is 13.0. The van der Waals surface area contributed by atoms with Gasteiger partial charge in [0.15, 0.2) is 5.11 Å². The van der Waals surface area contributed by atoms with Crippen molar-refractivity contribution in [2.75, 3.05) is 10.6 Å². The predicted octanol–water partition coefficient (Wildman–Crippen LogP) is 3.96. The molecule has 0 saturated heterocycles. The van der Waals surface area contributed by atoms with Crippen molar-refractivity contribution >= 4 is 44.8 Å². The number of hydrogen-bond acceptors (Lipinski definition) is 2. The quantitative estimate of drug-likeness (QED) is 0.821. The molecule has 0 aliphatic heterocycles. The molecule has 0 aliphatic carbocycles. The van der Waals surface area contributed by atoms with Crippen LogP contribution in [0.25, 0.3) is 0 Å². The van der Waals surface area contributed by atoms with Crippen molar-refractivity contribution in [2.45, 2.75) is 6.92 Å². The molecule has 92 valence electrons. The molecule has 0 amide bonds. The van der Waals surface area contributed by atoms with E-state index in [1.165, 1.54) is 5.56 Å².